The zero-order valence-electron chi connectivity index (χ0n) is 32.3. The molecular weight excluding hydrogens is 769 g/mol. The fourth-order valence-corrected chi connectivity index (χ4v) is 5.44. The van der Waals surface area contributed by atoms with Crippen molar-refractivity contribution in [3.63, 3.8) is 0 Å². The summed E-state index contributed by atoms with van der Waals surface area (Å²) in [6.07, 6.45) is -2.53. The summed E-state index contributed by atoms with van der Waals surface area (Å²) in [7, 11) is 0. The number of halogens is 3. The molecule has 0 unspecified atom stereocenters. The number of aliphatic carboxylic acids is 1. The number of alkyl halides is 3. The van der Waals surface area contributed by atoms with E-state index in [9.17, 15) is 37.1 Å². The second-order valence-electron chi connectivity index (χ2n) is 13.6. The third-order valence-electron chi connectivity index (χ3n) is 8.27. The number of carbonyl (C=O) groups is 2. The van der Waals surface area contributed by atoms with Crippen LogP contribution in [0.3, 0.4) is 0 Å². The van der Waals surface area contributed by atoms with Crippen LogP contribution in [0.4, 0.5) is 18.0 Å². The summed E-state index contributed by atoms with van der Waals surface area (Å²) in [5, 5.41) is 11.5. The minimum atomic E-state index is -5.19. The Kier molecular flexibility index (Phi) is 14.0. The Bertz CT molecular complexity index is 2610. The summed E-state index contributed by atoms with van der Waals surface area (Å²) in [6.45, 7) is 12.1. The summed E-state index contributed by atoms with van der Waals surface area (Å²) >= 11 is 0. The molecule has 6 aromatic rings. The van der Waals surface area contributed by atoms with Crippen LogP contribution in [0, 0.1) is 0 Å². The number of hydrogen-bond donors (Lipinski definition) is 4. The van der Waals surface area contributed by atoms with Gasteiger partial charge in [-0.3, -0.25) is 28.7 Å². The van der Waals surface area contributed by atoms with Crippen LogP contribution in [0.25, 0.3) is 22.3 Å². The van der Waals surface area contributed by atoms with Crippen molar-refractivity contribution in [1.29, 1.82) is 0 Å². The molecule has 0 atom stereocenters. The maximum Gasteiger partial charge on any atom is 0.430 e. The molecule has 4 heterocycles. The first-order valence-corrected chi connectivity index (χ1v) is 17.8. The highest BCUT2D eigenvalue weighted by Crippen LogP contribution is 2.13. The number of carboxylic acids is 1. The molecule has 58 heavy (non-hydrogen) atoms. The highest BCUT2D eigenvalue weighted by Gasteiger charge is 2.29. The van der Waals surface area contributed by atoms with E-state index in [1.54, 1.807) is 42.6 Å². The molecule has 0 radical (unpaired) electrons. The average Bonchev–Trinajstić information content (AvgIpc) is 3.80. The van der Waals surface area contributed by atoms with Crippen molar-refractivity contribution in [3.05, 3.63) is 125 Å². The van der Waals surface area contributed by atoms with Crippen LogP contribution in [0.2, 0.25) is 0 Å². The van der Waals surface area contributed by atoms with Gasteiger partial charge in [-0.15, -0.1) is 0 Å². The van der Waals surface area contributed by atoms with Crippen LogP contribution in [0.5, 0.6) is 0 Å². The number of H-pyrrole nitrogens is 2. The monoisotopic (exact) mass is 812 g/mol. The Morgan fingerprint density at radius 1 is 0.741 bits per heavy atom. The van der Waals surface area contributed by atoms with Gasteiger partial charge in [0.2, 0.25) is 0 Å². The SMILES string of the molecule is CCn1cnc2c1c(=O)[nH]c(=O)n2Cc1ccc(CNC(=O)OC(C)(C)C)cc1.CCn1cnc2c1c(=O)[nH]c(=O)n2Cc1ccc(C[NH3+])cc1.O=C([O-])C(F)(F)F. The predicted octanol–water partition coefficient (Wildman–Crippen LogP) is 0.974. The van der Waals surface area contributed by atoms with Crippen LogP contribution in [-0.2, 0) is 48.8 Å². The summed E-state index contributed by atoms with van der Waals surface area (Å²) in [4.78, 5) is 82.3. The number of carbonyl (C=O) groups excluding carboxylic acids is 2. The zero-order valence-corrected chi connectivity index (χ0v) is 32.3. The molecule has 1 amide bonds. The van der Waals surface area contributed by atoms with Gasteiger partial charge in [0.25, 0.3) is 11.1 Å². The van der Waals surface area contributed by atoms with E-state index < -0.39 is 46.3 Å². The number of aromatic nitrogens is 8. The van der Waals surface area contributed by atoms with Gasteiger partial charge in [-0.2, -0.15) is 13.2 Å². The van der Waals surface area contributed by atoms with E-state index in [0.29, 0.717) is 48.5 Å². The number of alkyl carbamates (subject to hydrolysis) is 1. The number of imidazole rings is 2. The maximum atomic E-state index is 12.3. The molecule has 0 bridgehead atoms. The second kappa shape index (κ2) is 18.4. The van der Waals surface area contributed by atoms with E-state index in [4.69, 9.17) is 14.6 Å². The van der Waals surface area contributed by atoms with E-state index >= 15 is 0 Å². The lowest BCUT2D eigenvalue weighted by Gasteiger charge is -2.19. The lowest BCUT2D eigenvalue weighted by atomic mass is 10.1. The molecule has 0 aliphatic rings. The van der Waals surface area contributed by atoms with Gasteiger partial charge in [0.1, 0.15) is 11.6 Å². The summed E-state index contributed by atoms with van der Waals surface area (Å²) < 4.78 is 43.1. The fraction of sp³-hybridized carbons (Fsp3) is 0.351. The van der Waals surface area contributed by atoms with Crippen LogP contribution in [0.15, 0.2) is 80.4 Å². The minimum absolute atomic E-state index is 0.270. The van der Waals surface area contributed by atoms with Crippen LogP contribution in [0.1, 0.15) is 56.9 Å². The van der Waals surface area contributed by atoms with Gasteiger partial charge in [0, 0.05) is 25.2 Å². The zero-order chi connectivity index (χ0) is 42.9. The average molecular weight is 813 g/mol. The first kappa shape index (κ1) is 44.0. The number of hydrogen-bond acceptors (Lipinski definition) is 10. The molecule has 6 N–H and O–H groups in total. The van der Waals surface area contributed by atoms with E-state index in [0.717, 1.165) is 28.8 Å². The summed E-state index contributed by atoms with van der Waals surface area (Å²) in [6, 6.07) is 15.4. The molecular formula is C37H43F3N10O8. The summed E-state index contributed by atoms with van der Waals surface area (Å²) in [5.41, 5.74) is 6.96. The van der Waals surface area contributed by atoms with Crippen LogP contribution < -0.4 is 38.7 Å². The van der Waals surface area contributed by atoms with Crippen molar-refractivity contribution >= 4 is 34.4 Å². The molecule has 0 spiro atoms. The lowest BCUT2D eigenvalue weighted by Crippen LogP contribution is -2.47. The third-order valence-corrected chi connectivity index (χ3v) is 8.27. The topological polar surface area (TPSA) is 251 Å². The van der Waals surface area contributed by atoms with Crippen LogP contribution >= 0.6 is 0 Å². The Morgan fingerprint density at radius 3 is 1.47 bits per heavy atom. The molecule has 4 aromatic heterocycles. The number of rotatable bonds is 9. The van der Waals surface area contributed by atoms with E-state index in [2.05, 4.69) is 31.0 Å². The van der Waals surface area contributed by atoms with Crippen molar-refractivity contribution in [1.82, 2.24) is 43.5 Å². The number of amides is 1. The number of nitrogens with zero attached hydrogens (tertiary/aromatic N) is 6. The molecule has 0 aliphatic heterocycles. The van der Waals surface area contributed by atoms with Crippen molar-refractivity contribution in [3.8, 4) is 0 Å². The molecule has 6 rings (SSSR count). The van der Waals surface area contributed by atoms with Gasteiger partial charge < -0.3 is 34.8 Å². The highest BCUT2D eigenvalue weighted by atomic mass is 19.4. The van der Waals surface area contributed by atoms with Crippen molar-refractivity contribution < 1.29 is 38.3 Å². The number of ether oxygens (including phenoxy) is 1. The Morgan fingerprint density at radius 2 is 1.12 bits per heavy atom. The van der Waals surface area contributed by atoms with E-state index in [1.807, 2.05) is 62.4 Å². The van der Waals surface area contributed by atoms with Crippen molar-refractivity contribution in [2.24, 2.45) is 0 Å². The molecule has 18 nitrogen and oxygen atoms in total. The number of fused-ring (bicyclic) bond motifs is 2. The number of aryl methyl sites for hydroxylation is 2. The quantitative estimate of drug-likeness (QED) is 0.161. The smallest absolute Gasteiger partial charge is 0.430 e. The number of quaternary nitrogens is 1. The molecule has 2 aromatic carbocycles. The standard InChI is InChI=1S/C20H25N5O4.C15H17N5O2.C2HF3O2/c1-5-24-12-22-16-15(24)17(26)23-18(27)25(16)11-14-8-6-13(7-9-14)10-21-19(28)29-20(2,3)4;1-2-19-9-17-13-12(19)14(21)18-15(22)20(13)8-11-5-3-10(7-16)4-6-11;3-2(4,5)1(6)7/h6-9,12H,5,10-11H2,1-4H3,(H,21,28)(H,23,26,27);3-6,9H,2,7-8,16H2,1H3,(H,18,21,22);(H,6,7). The van der Waals surface area contributed by atoms with Crippen LogP contribution in [-0.4, -0.2) is 62.0 Å². The number of benzene rings is 2. The Hall–Kier alpha value is -6.77. The second-order valence-corrected chi connectivity index (χ2v) is 13.6. The van der Waals surface area contributed by atoms with Gasteiger partial charge in [-0.25, -0.2) is 24.4 Å². The number of carboxylic acid groups (broad SMARTS) is 1. The predicted molar refractivity (Wildman–Crippen MR) is 202 cm³/mol. The third kappa shape index (κ3) is 11.2. The van der Waals surface area contributed by atoms with Gasteiger partial charge in [-0.1, -0.05) is 48.5 Å². The highest BCUT2D eigenvalue weighted by molar-refractivity contribution is 5.71. The number of aromatic amines is 2. The van der Waals surface area contributed by atoms with Gasteiger partial charge >= 0.3 is 23.6 Å². The van der Waals surface area contributed by atoms with Gasteiger partial charge in [0.05, 0.1) is 32.3 Å². The van der Waals surface area contributed by atoms with Crippen molar-refractivity contribution in [2.45, 2.75) is 85.7 Å². The largest absolute Gasteiger partial charge is 0.542 e. The van der Waals surface area contributed by atoms with Gasteiger partial charge in [0.15, 0.2) is 22.3 Å². The number of nitrogens with one attached hydrogen (secondary N) is 3. The normalized spacial score (nSPS) is 11.4. The summed E-state index contributed by atoms with van der Waals surface area (Å²) in [5.74, 6) is -3.01. The molecule has 0 aliphatic carbocycles. The molecule has 310 valence electrons. The van der Waals surface area contributed by atoms with E-state index in [-0.39, 0.29) is 6.54 Å². The minimum Gasteiger partial charge on any atom is -0.542 e. The first-order chi connectivity index (χ1) is 27.3. The first-order valence-electron chi connectivity index (χ1n) is 17.8. The van der Waals surface area contributed by atoms with E-state index in [1.165, 1.54) is 9.13 Å². The lowest BCUT2D eigenvalue weighted by molar-refractivity contribution is -0.386. The fourth-order valence-electron chi connectivity index (χ4n) is 5.44. The molecule has 0 saturated carbocycles. The van der Waals surface area contributed by atoms with Crippen molar-refractivity contribution in [2.75, 3.05) is 0 Å². The molecule has 0 fully saturated rings. The Balaban J connectivity index is 0.000000226. The molecule has 0 saturated heterocycles. The Labute approximate surface area is 326 Å². The molecule has 21 heteroatoms. The van der Waals surface area contributed by atoms with Gasteiger partial charge in [-0.05, 0) is 51.3 Å². The maximum absolute atomic E-state index is 12.3.